The molecule has 0 saturated carbocycles. The number of thiophene rings is 1. The lowest BCUT2D eigenvalue weighted by atomic mass is 10.1. The number of oxazole rings is 1. The molecular weight excluding hydrogens is 320 g/mol. The van der Waals surface area contributed by atoms with E-state index in [9.17, 15) is 4.79 Å². The first kappa shape index (κ1) is 16.6. The minimum Gasteiger partial charge on any atom is -0.439 e. The van der Waals surface area contributed by atoms with E-state index in [1.807, 2.05) is 35.7 Å². The molecule has 0 N–H and O–H groups in total. The number of carbonyl (C=O) groups is 1. The molecule has 0 unspecified atom stereocenters. The summed E-state index contributed by atoms with van der Waals surface area (Å²) in [7, 11) is 0. The van der Waals surface area contributed by atoms with E-state index < -0.39 is 0 Å². The van der Waals surface area contributed by atoms with Gasteiger partial charge in [0.05, 0.1) is 11.1 Å². The first-order valence-corrected chi connectivity index (χ1v) is 9.14. The fourth-order valence-electron chi connectivity index (χ4n) is 2.53. The van der Waals surface area contributed by atoms with Crippen LogP contribution in [0.3, 0.4) is 0 Å². The molecule has 24 heavy (non-hydrogen) atoms. The van der Waals surface area contributed by atoms with E-state index in [1.54, 1.807) is 12.4 Å². The number of aryl methyl sites for hydroxylation is 1. The number of Topliss-reactive ketones (excluding diaryl/α,β-unsaturated/α-hetero) is 1. The molecule has 3 heterocycles. The lowest BCUT2D eigenvalue weighted by molar-refractivity contribution is 0.0983. The summed E-state index contributed by atoms with van der Waals surface area (Å²) in [6, 6.07) is 9.54. The van der Waals surface area contributed by atoms with Gasteiger partial charge in [0.1, 0.15) is 5.69 Å². The maximum Gasteiger partial charge on any atom is 0.194 e. The van der Waals surface area contributed by atoms with E-state index in [2.05, 4.69) is 9.97 Å². The van der Waals surface area contributed by atoms with Crippen LogP contribution in [0.4, 0.5) is 0 Å². The van der Waals surface area contributed by atoms with Crippen LogP contribution in [0.15, 0.2) is 52.5 Å². The Kier molecular flexibility index (Phi) is 5.90. The number of nitrogens with zero attached hydrogens (tertiary/aromatic N) is 2. The van der Waals surface area contributed by atoms with Crippen LogP contribution in [0.1, 0.15) is 47.7 Å². The van der Waals surface area contributed by atoms with Crippen molar-refractivity contribution in [3.63, 3.8) is 0 Å². The van der Waals surface area contributed by atoms with Crippen LogP contribution in [0.25, 0.3) is 11.5 Å². The van der Waals surface area contributed by atoms with Crippen LogP contribution in [0.2, 0.25) is 0 Å². The van der Waals surface area contributed by atoms with Gasteiger partial charge in [-0.05, 0) is 36.4 Å². The summed E-state index contributed by atoms with van der Waals surface area (Å²) in [5.74, 6) is 1.73. The second-order valence-electron chi connectivity index (χ2n) is 5.65. The number of carbonyl (C=O) groups excluding carboxylic acids is 1. The minimum atomic E-state index is 0.262. The standard InChI is InChI=1S/C19H20N2O2S/c22-16(18-10-7-13-24-18)9-3-1-2-4-11-19-21-14-17(23-19)15-8-5-6-12-20-15/h5-8,10,12-14H,1-4,9,11H2. The number of hydrogen-bond donors (Lipinski definition) is 0. The van der Waals surface area contributed by atoms with Crippen molar-refractivity contribution < 1.29 is 9.21 Å². The molecule has 0 spiro atoms. The van der Waals surface area contributed by atoms with Crippen molar-refractivity contribution in [3.8, 4) is 11.5 Å². The molecule has 0 aliphatic carbocycles. The third-order valence-corrected chi connectivity index (χ3v) is 4.72. The molecule has 124 valence electrons. The molecule has 0 aliphatic rings. The summed E-state index contributed by atoms with van der Waals surface area (Å²) >= 11 is 1.52. The van der Waals surface area contributed by atoms with Crippen molar-refractivity contribution in [2.75, 3.05) is 0 Å². The average molecular weight is 340 g/mol. The fourth-order valence-corrected chi connectivity index (χ4v) is 3.22. The highest BCUT2D eigenvalue weighted by Crippen LogP contribution is 2.19. The van der Waals surface area contributed by atoms with Crippen molar-refractivity contribution in [2.24, 2.45) is 0 Å². The van der Waals surface area contributed by atoms with Gasteiger partial charge >= 0.3 is 0 Å². The zero-order valence-electron chi connectivity index (χ0n) is 13.5. The molecule has 5 heteroatoms. The monoisotopic (exact) mass is 340 g/mol. The number of unbranched alkanes of at least 4 members (excludes halogenated alkanes) is 3. The molecule has 0 amide bonds. The first-order chi connectivity index (χ1) is 11.8. The maximum absolute atomic E-state index is 11.9. The highest BCUT2D eigenvalue weighted by Gasteiger charge is 2.08. The Hall–Kier alpha value is -2.27. The molecule has 0 fully saturated rings. The van der Waals surface area contributed by atoms with Gasteiger partial charge in [-0.15, -0.1) is 11.3 Å². The van der Waals surface area contributed by atoms with E-state index >= 15 is 0 Å². The molecule has 0 atom stereocenters. The van der Waals surface area contributed by atoms with E-state index in [0.717, 1.165) is 48.6 Å². The maximum atomic E-state index is 11.9. The number of pyridine rings is 1. The third kappa shape index (κ3) is 4.61. The van der Waals surface area contributed by atoms with E-state index in [0.29, 0.717) is 12.2 Å². The van der Waals surface area contributed by atoms with Gasteiger partial charge in [-0.3, -0.25) is 9.78 Å². The molecule has 0 aliphatic heterocycles. The number of aromatic nitrogens is 2. The zero-order chi connectivity index (χ0) is 16.6. The average Bonchev–Trinajstić information content (AvgIpc) is 3.30. The second-order valence-corrected chi connectivity index (χ2v) is 6.60. The van der Waals surface area contributed by atoms with Crippen molar-refractivity contribution in [1.29, 1.82) is 0 Å². The van der Waals surface area contributed by atoms with E-state index in [1.165, 1.54) is 11.3 Å². The van der Waals surface area contributed by atoms with Gasteiger partial charge in [0.15, 0.2) is 17.4 Å². The highest BCUT2D eigenvalue weighted by atomic mass is 32.1. The van der Waals surface area contributed by atoms with Crippen molar-refractivity contribution >= 4 is 17.1 Å². The summed E-state index contributed by atoms with van der Waals surface area (Å²) in [6.45, 7) is 0. The fraction of sp³-hybridized carbons (Fsp3) is 0.316. The summed E-state index contributed by atoms with van der Waals surface area (Å²) in [6.07, 6.45) is 9.06. The van der Waals surface area contributed by atoms with Crippen LogP contribution >= 0.6 is 11.3 Å². The Balaban J connectivity index is 1.34. The third-order valence-electron chi connectivity index (χ3n) is 3.81. The van der Waals surface area contributed by atoms with Crippen LogP contribution in [-0.4, -0.2) is 15.8 Å². The summed E-state index contributed by atoms with van der Waals surface area (Å²) in [5.41, 5.74) is 0.809. The number of ketones is 1. The Labute approximate surface area is 145 Å². The van der Waals surface area contributed by atoms with E-state index in [4.69, 9.17) is 4.42 Å². The van der Waals surface area contributed by atoms with Gasteiger partial charge in [0.2, 0.25) is 0 Å². The molecule has 4 nitrogen and oxygen atoms in total. The van der Waals surface area contributed by atoms with Gasteiger partial charge in [-0.1, -0.05) is 25.0 Å². The molecule has 0 bridgehead atoms. The molecule has 3 aromatic heterocycles. The van der Waals surface area contributed by atoms with Crippen molar-refractivity contribution in [2.45, 2.75) is 38.5 Å². The zero-order valence-corrected chi connectivity index (χ0v) is 14.3. The molecule has 3 aromatic rings. The lowest BCUT2D eigenvalue weighted by Crippen LogP contribution is -1.95. The predicted octanol–water partition coefficient (Wildman–Crippen LogP) is 5.17. The van der Waals surface area contributed by atoms with Gasteiger partial charge in [-0.25, -0.2) is 4.98 Å². The molecule has 0 saturated heterocycles. The number of rotatable bonds is 9. The SMILES string of the molecule is O=C(CCCCCCc1ncc(-c2ccccn2)o1)c1cccs1. The quantitative estimate of drug-likeness (QED) is 0.398. The molecule has 0 radical (unpaired) electrons. The van der Waals surface area contributed by atoms with Gasteiger partial charge in [0, 0.05) is 19.0 Å². The minimum absolute atomic E-state index is 0.262. The van der Waals surface area contributed by atoms with Crippen LogP contribution in [0.5, 0.6) is 0 Å². The molecule has 0 aromatic carbocycles. The van der Waals surface area contributed by atoms with Crippen LogP contribution in [0, 0.1) is 0 Å². The Morgan fingerprint density at radius 2 is 1.96 bits per heavy atom. The summed E-state index contributed by atoms with van der Waals surface area (Å²) < 4.78 is 5.74. The van der Waals surface area contributed by atoms with Crippen LogP contribution < -0.4 is 0 Å². The Morgan fingerprint density at radius 1 is 1.04 bits per heavy atom. The first-order valence-electron chi connectivity index (χ1n) is 8.26. The Morgan fingerprint density at radius 3 is 2.75 bits per heavy atom. The predicted molar refractivity (Wildman–Crippen MR) is 95.2 cm³/mol. The van der Waals surface area contributed by atoms with Gasteiger partial charge in [-0.2, -0.15) is 0 Å². The van der Waals surface area contributed by atoms with Gasteiger partial charge < -0.3 is 4.42 Å². The molecular formula is C19H20N2O2S. The van der Waals surface area contributed by atoms with E-state index in [-0.39, 0.29) is 5.78 Å². The molecule has 3 rings (SSSR count). The second kappa shape index (κ2) is 8.55. The number of hydrogen-bond acceptors (Lipinski definition) is 5. The smallest absolute Gasteiger partial charge is 0.194 e. The van der Waals surface area contributed by atoms with Crippen molar-refractivity contribution in [3.05, 3.63) is 58.9 Å². The normalized spacial score (nSPS) is 10.8. The van der Waals surface area contributed by atoms with Crippen LogP contribution in [-0.2, 0) is 6.42 Å². The Bertz CT molecular complexity index is 751. The highest BCUT2D eigenvalue weighted by molar-refractivity contribution is 7.12. The summed E-state index contributed by atoms with van der Waals surface area (Å²) in [4.78, 5) is 21.3. The van der Waals surface area contributed by atoms with Gasteiger partial charge in [0.25, 0.3) is 0 Å². The summed E-state index contributed by atoms with van der Waals surface area (Å²) in [5, 5.41) is 1.95. The largest absolute Gasteiger partial charge is 0.439 e. The van der Waals surface area contributed by atoms with Crippen molar-refractivity contribution in [1.82, 2.24) is 9.97 Å². The lowest BCUT2D eigenvalue weighted by Gasteiger charge is -2.00. The topological polar surface area (TPSA) is 56.0 Å².